The molecule has 5 heteroatoms. The van der Waals surface area contributed by atoms with Gasteiger partial charge in [0.05, 0.1) is 17.9 Å². The number of hydrogen-bond acceptors (Lipinski definition) is 3. The van der Waals surface area contributed by atoms with Crippen LogP contribution in [-0.2, 0) is 9.59 Å². The molecule has 0 aromatic heterocycles. The molecule has 0 fully saturated rings. The molecule has 0 aliphatic carbocycles. The highest BCUT2D eigenvalue weighted by molar-refractivity contribution is 6.04. The Morgan fingerprint density at radius 3 is 2.67 bits per heavy atom. The fourth-order valence-electron chi connectivity index (χ4n) is 2.68. The molecule has 0 bridgehead atoms. The van der Waals surface area contributed by atoms with Crippen molar-refractivity contribution in [1.82, 2.24) is 4.90 Å². The van der Waals surface area contributed by atoms with Crippen LogP contribution in [0.5, 0.6) is 0 Å². The van der Waals surface area contributed by atoms with Gasteiger partial charge in [-0.15, -0.1) is 0 Å². The fraction of sp³-hybridized carbons (Fsp3) is 0.500. The summed E-state index contributed by atoms with van der Waals surface area (Å²) in [5.74, 6) is -0.0109. The largest absolute Gasteiger partial charge is 0.324 e. The summed E-state index contributed by atoms with van der Waals surface area (Å²) in [6.45, 7) is 8.05. The van der Waals surface area contributed by atoms with Crippen LogP contribution in [0.1, 0.15) is 27.2 Å². The number of anilines is 2. The summed E-state index contributed by atoms with van der Waals surface area (Å²) in [6, 6.07) is 7.33. The SMILES string of the molecule is CCN(CC)CC(=O)N1c2ccccc2NC(=O)C[C@@H]1C. The van der Waals surface area contributed by atoms with Crippen molar-refractivity contribution in [3.63, 3.8) is 0 Å². The van der Waals surface area contributed by atoms with Crippen molar-refractivity contribution >= 4 is 23.2 Å². The molecule has 0 unspecified atom stereocenters. The van der Waals surface area contributed by atoms with Crippen LogP contribution in [0.15, 0.2) is 24.3 Å². The van der Waals surface area contributed by atoms with Gasteiger partial charge in [0.25, 0.3) is 0 Å². The predicted octanol–water partition coefficient (Wildman–Crippen LogP) is 2.09. The minimum atomic E-state index is -0.142. The van der Waals surface area contributed by atoms with Crippen LogP contribution in [0.4, 0.5) is 11.4 Å². The van der Waals surface area contributed by atoms with Crippen molar-refractivity contribution < 1.29 is 9.59 Å². The number of amides is 2. The standard InChI is InChI=1S/C16H23N3O2/c1-4-18(5-2)11-16(21)19-12(3)10-15(20)17-13-8-6-7-9-14(13)19/h6-9,12H,4-5,10-11H2,1-3H3,(H,17,20)/t12-/m0/s1. The highest BCUT2D eigenvalue weighted by Gasteiger charge is 2.29. The summed E-state index contributed by atoms with van der Waals surface area (Å²) < 4.78 is 0. The number of fused-ring (bicyclic) bond motifs is 1. The molecule has 0 radical (unpaired) electrons. The third-order valence-corrected chi connectivity index (χ3v) is 3.88. The molecule has 1 aliphatic rings. The van der Waals surface area contributed by atoms with E-state index in [-0.39, 0.29) is 17.9 Å². The molecule has 2 rings (SSSR count). The quantitative estimate of drug-likeness (QED) is 0.923. The second-order valence-electron chi connectivity index (χ2n) is 5.34. The molecule has 1 aromatic rings. The number of para-hydroxylation sites is 2. The number of nitrogens with one attached hydrogen (secondary N) is 1. The van der Waals surface area contributed by atoms with Crippen LogP contribution >= 0.6 is 0 Å². The van der Waals surface area contributed by atoms with Gasteiger partial charge in [-0.3, -0.25) is 14.5 Å². The first-order valence-electron chi connectivity index (χ1n) is 7.50. The molecule has 1 atom stereocenters. The Bertz CT molecular complexity index is 526. The van der Waals surface area contributed by atoms with Gasteiger partial charge in [-0.25, -0.2) is 0 Å². The average Bonchev–Trinajstić information content (AvgIpc) is 2.58. The van der Waals surface area contributed by atoms with Gasteiger partial charge in [0.1, 0.15) is 0 Å². The molecule has 114 valence electrons. The zero-order valence-corrected chi connectivity index (χ0v) is 12.9. The highest BCUT2D eigenvalue weighted by Crippen LogP contribution is 2.31. The number of carbonyl (C=O) groups excluding carboxylic acids is 2. The number of nitrogens with zero attached hydrogens (tertiary/aromatic N) is 2. The number of likely N-dealkylation sites (N-methyl/N-ethyl adjacent to an activating group) is 1. The zero-order valence-electron chi connectivity index (χ0n) is 12.9. The van der Waals surface area contributed by atoms with Crippen LogP contribution < -0.4 is 10.2 Å². The van der Waals surface area contributed by atoms with Crippen LogP contribution in [-0.4, -0.2) is 42.4 Å². The van der Waals surface area contributed by atoms with Gasteiger partial charge in [-0.05, 0) is 32.1 Å². The lowest BCUT2D eigenvalue weighted by Gasteiger charge is -2.30. The number of benzene rings is 1. The van der Waals surface area contributed by atoms with Gasteiger partial charge in [0.2, 0.25) is 11.8 Å². The first kappa shape index (κ1) is 15.5. The molecule has 0 spiro atoms. The third-order valence-electron chi connectivity index (χ3n) is 3.88. The van der Waals surface area contributed by atoms with Gasteiger partial charge < -0.3 is 10.2 Å². The zero-order chi connectivity index (χ0) is 15.4. The van der Waals surface area contributed by atoms with Crippen molar-refractivity contribution in [2.75, 3.05) is 29.9 Å². The molecule has 1 heterocycles. The Hall–Kier alpha value is -1.88. The van der Waals surface area contributed by atoms with E-state index in [0.29, 0.717) is 18.7 Å². The Morgan fingerprint density at radius 2 is 2.00 bits per heavy atom. The Balaban J connectivity index is 2.32. The lowest BCUT2D eigenvalue weighted by atomic mass is 10.1. The van der Waals surface area contributed by atoms with E-state index in [4.69, 9.17) is 0 Å². The van der Waals surface area contributed by atoms with E-state index in [2.05, 4.69) is 10.2 Å². The Labute approximate surface area is 125 Å². The third kappa shape index (κ3) is 3.42. The second-order valence-corrected chi connectivity index (χ2v) is 5.34. The Kier molecular flexibility index (Phi) is 4.96. The predicted molar refractivity (Wildman–Crippen MR) is 84.4 cm³/mol. The number of carbonyl (C=O) groups is 2. The summed E-state index contributed by atoms with van der Waals surface area (Å²) in [7, 11) is 0. The summed E-state index contributed by atoms with van der Waals surface area (Å²) in [5.41, 5.74) is 1.49. The molecule has 21 heavy (non-hydrogen) atoms. The van der Waals surface area contributed by atoms with Crippen molar-refractivity contribution in [1.29, 1.82) is 0 Å². The second kappa shape index (κ2) is 6.72. The molecule has 0 saturated carbocycles. The van der Waals surface area contributed by atoms with Crippen LogP contribution in [0.2, 0.25) is 0 Å². The molecule has 1 aliphatic heterocycles. The maximum atomic E-state index is 12.7. The van der Waals surface area contributed by atoms with E-state index in [0.717, 1.165) is 18.8 Å². The van der Waals surface area contributed by atoms with Gasteiger partial charge >= 0.3 is 0 Å². The van der Waals surface area contributed by atoms with Gasteiger partial charge in [0.15, 0.2) is 0 Å². The minimum absolute atomic E-state index is 0.0372. The van der Waals surface area contributed by atoms with E-state index >= 15 is 0 Å². The topological polar surface area (TPSA) is 52.7 Å². The molecule has 0 saturated heterocycles. The van der Waals surface area contributed by atoms with E-state index in [1.54, 1.807) is 4.90 Å². The maximum Gasteiger partial charge on any atom is 0.241 e. The summed E-state index contributed by atoms with van der Waals surface area (Å²) in [6.07, 6.45) is 0.318. The van der Waals surface area contributed by atoms with E-state index in [9.17, 15) is 9.59 Å². The lowest BCUT2D eigenvalue weighted by molar-refractivity contribution is -0.120. The summed E-state index contributed by atoms with van der Waals surface area (Å²) in [4.78, 5) is 28.4. The van der Waals surface area contributed by atoms with Gasteiger partial charge in [-0.1, -0.05) is 26.0 Å². The van der Waals surface area contributed by atoms with Crippen LogP contribution in [0.3, 0.4) is 0 Å². The molecule has 1 aromatic carbocycles. The normalized spacial score (nSPS) is 18.2. The molecule has 5 nitrogen and oxygen atoms in total. The first-order chi connectivity index (χ1) is 10.1. The highest BCUT2D eigenvalue weighted by atomic mass is 16.2. The minimum Gasteiger partial charge on any atom is -0.324 e. The average molecular weight is 289 g/mol. The smallest absolute Gasteiger partial charge is 0.241 e. The van der Waals surface area contributed by atoms with E-state index < -0.39 is 0 Å². The molecular formula is C16H23N3O2. The van der Waals surface area contributed by atoms with Gasteiger partial charge in [0, 0.05) is 12.5 Å². The van der Waals surface area contributed by atoms with Gasteiger partial charge in [-0.2, -0.15) is 0 Å². The first-order valence-corrected chi connectivity index (χ1v) is 7.50. The Morgan fingerprint density at radius 1 is 1.33 bits per heavy atom. The van der Waals surface area contributed by atoms with Crippen molar-refractivity contribution in [3.8, 4) is 0 Å². The number of hydrogen-bond donors (Lipinski definition) is 1. The van der Waals surface area contributed by atoms with E-state index in [1.165, 1.54) is 0 Å². The van der Waals surface area contributed by atoms with Crippen LogP contribution in [0.25, 0.3) is 0 Å². The van der Waals surface area contributed by atoms with E-state index in [1.807, 2.05) is 45.0 Å². The number of rotatable bonds is 4. The summed E-state index contributed by atoms with van der Waals surface area (Å²) >= 11 is 0. The fourth-order valence-corrected chi connectivity index (χ4v) is 2.68. The lowest BCUT2D eigenvalue weighted by Crippen LogP contribution is -2.45. The van der Waals surface area contributed by atoms with Crippen molar-refractivity contribution in [3.05, 3.63) is 24.3 Å². The summed E-state index contributed by atoms with van der Waals surface area (Å²) in [5, 5.41) is 2.87. The van der Waals surface area contributed by atoms with Crippen molar-refractivity contribution in [2.24, 2.45) is 0 Å². The van der Waals surface area contributed by atoms with Crippen molar-refractivity contribution in [2.45, 2.75) is 33.2 Å². The molecule has 2 amide bonds. The monoisotopic (exact) mass is 289 g/mol. The maximum absolute atomic E-state index is 12.7. The molecular weight excluding hydrogens is 266 g/mol. The van der Waals surface area contributed by atoms with Crippen LogP contribution in [0, 0.1) is 0 Å². The molecule has 1 N–H and O–H groups in total.